The number of amides is 1. The normalized spacial score (nSPS) is 18.3. The zero-order chi connectivity index (χ0) is 30.1. The van der Waals surface area contributed by atoms with Crippen LogP contribution in [0.1, 0.15) is 67.8 Å². The molecule has 2 aliphatic rings. The van der Waals surface area contributed by atoms with E-state index in [-0.39, 0.29) is 29.4 Å². The van der Waals surface area contributed by atoms with Crippen molar-refractivity contribution in [3.63, 3.8) is 0 Å². The molecule has 0 fully saturated rings. The Morgan fingerprint density at radius 2 is 1.49 bits per heavy atom. The summed E-state index contributed by atoms with van der Waals surface area (Å²) < 4.78 is 5.36. The Morgan fingerprint density at radius 3 is 2.16 bits per heavy atom. The van der Waals surface area contributed by atoms with Crippen LogP contribution in [0.25, 0.3) is 0 Å². The Hall–Kier alpha value is -4.64. The quantitative estimate of drug-likeness (QED) is 0.263. The molecule has 1 N–H and O–H groups in total. The maximum absolute atomic E-state index is 14.4. The summed E-state index contributed by atoms with van der Waals surface area (Å²) in [5.41, 5.74) is 7.30. The topological polar surface area (TPSA) is 58.6 Å². The molecule has 5 heteroatoms. The van der Waals surface area contributed by atoms with E-state index < -0.39 is 6.04 Å². The van der Waals surface area contributed by atoms with E-state index >= 15 is 0 Å². The minimum absolute atomic E-state index is 0.0182. The molecule has 4 aromatic rings. The molecule has 0 saturated heterocycles. The van der Waals surface area contributed by atoms with Gasteiger partial charge in [-0.2, -0.15) is 0 Å². The number of benzene rings is 4. The molecule has 0 bridgehead atoms. The first-order valence-corrected chi connectivity index (χ1v) is 15.0. The maximum atomic E-state index is 14.4. The minimum Gasteiger partial charge on any atom is -0.497 e. The number of ether oxygens (including phenoxy) is 1. The second-order valence-corrected chi connectivity index (χ2v) is 12.5. The molecule has 218 valence electrons. The lowest BCUT2D eigenvalue weighted by Gasteiger charge is -2.35. The number of carbonyl (C=O) groups excluding carboxylic acids is 2. The number of Topliss-reactive ketones (excluding diaryl/α,β-unsaturated/α-hetero) is 1. The van der Waals surface area contributed by atoms with E-state index in [1.165, 1.54) is 5.56 Å². The number of fused-ring (bicyclic) bond motifs is 1. The van der Waals surface area contributed by atoms with E-state index in [9.17, 15) is 9.59 Å². The van der Waals surface area contributed by atoms with Crippen LogP contribution < -0.4 is 15.0 Å². The fraction of sp³-hybridized carbons (Fsp3) is 0.263. The number of nitrogens with one attached hydrogen (secondary N) is 1. The van der Waals surface area contributed by atoms with Crippen LogP contribution in [0.15, 0.2) is 114 Å². The average molecular weight is 571 g/mol. The van der Waals surface area contributed by atoms with E-state index in [1.807, 2.05) is 83.8 Å². The number of allylic oxidation sites excluding steroid dienone is 1. The first-order chi connectivity index (χ1) is 20.7. The van der Waals surface area contributed by atoms with Crippen molar-refractivity contribution in [3.05, 3.63) is 137 Å². The van der Waals surface area contributed by atoms with Crippen molar-refractivity contribution in [2.45, 2.75) is 57.4 Å². The molecule has 5 nitrogen and oxygen atoms in total. The van der Waals surface area contributed by atoms with Crippen molar-refractivity contribution < 1.29 is 14.3 Å². The minimum atomic E-state index is -0.555. The van der Waals surface area contributed by atoms with Crippen LogP contribution in [-0.4, -0.2) is 18.8 Å². The van der Waals surface area contributed by atoms with Gasteiger partial charge >= 0.3 is 0 Å². The highest BCUT2D eigenvalue weighted by Crippen LogP contribution is 2.48. The number of para-hydroxylation sites is 2. The summed E-state index contributed by atoms with van der Waals surface area (Å²) in [6.07, 6.45) is 1.27. The fourth-order valence-corrected chi connectivity index (χ4v) is 6.31. The third-order valence-electron chi connectivity index (χ3n) is 8.64. The largest absolute Gasteiger partial charge is 0.497 e. The lowest BCUT2D eigenvalue weighted by molar-refractivity contribution is -0.118. The molecule has 43 heavy (non-hydrogen) atoms. The predicted octanol–water partition coefficient (Wildman–Crippen LogP) is 8.14. The first kappa shape index (κ1) is 28.5. The van der Waals surface area contributed by atoms with Gasteiger partial charge in [0.05, 0.1) is 30.9 Å². The Morgan fingerprint density at radius 1 is 0.837 bits per heavy atom. The summed E-state index contributed by atoms with van der Waals surface area (Å²) in [7, 11) is 1.65. The number of hydrogen-bond donors (Lipinski definition) is 1. The molecule has 0 aromatic heterocycles. The predicted molar refractivity (Wildman–Crippen MR) is 173 cm³/mol. The Balaban J connectivity index is 1.50. The Labute approximate surface area is 254 Å². The number of anilines is 2. The first-order valence-electron chi connectivity index (χ1n) is 15.0. The summed E-state index contributed by atoms with van der Waals surface area (Å²) in [4.78, 5) is 30.5. The Bertz CT molecular complexity index is 1670. The maximum Gasteiger partial charge on any atom is 0.232 e. The number of rotatable bonds is 5. The molecular weight excluding hydrogens is 532 g/mol. The van der Waals surface area contributed by atoms with E-state index in [4.69, 9.17) is 4.74 Å². The lowest BCUT2D eigenvalue weighted by atomic mass is 9.77. The fourth-order valence-electron chi connectivity index (χ4n) is 6.31. The second-order valence-electron chi connectivity index (χ2n) is 12.5. The highest BCUT2D eigenvalue weighted by atomic mass is 16.5. The second kappa shape index (κ2) is 11.6. The molecule has 0 unspecified atom stereocenters. The van der Waals surface area contributed by atoms with Crippen molar-refractivity contribution >= 4 is 23.1 Å². The molecular formula is C38H38N2O3. The van der Waals surface area contributed by atoms with Gasteiger partial charge < -0.3 is 10.1 Å². The molecule has 0 spiro atoms. The van der Waals surface area contributed by atoms with Gasteiger partial charge in [0.15, 0.2) is 5.78 Å². The highest BCUT2D eigenvalue weighted by molar-refractivity contribution is 6.06. The van der Waals surface area contributed by atoms with E-state index in [1.54, 1.807) is 7.11 Å². The van der Waals surface area contributed by atoms with Gasteiger partial charge in [-0.3, -0.25) is 14.5 Å². The molecule has 1 aliphatic carbocycles. The smallest absolute Gasteiger partial charge is 0.232 e. The standard InChI is InChI=1S/C38H38N2O3/c1-38(2,3)29-18-14-27(15-19-29)37-36-32(23-28(24-34(36)41)26-16-20-30(43-4)21-17-26)39-31-12-8-9-13-33(31)40(37)35(42)22-25-10-6-5-7-11-25/h5-21,28,37,39H,22-24H2,1-4H3/t28-,37+/m1/s1. The number of methoxy groups -OCH3 is 1. The molecule has 1 aliphatic heterocycles. The Kier molecular flexibility index (Phi) is 7.66. The van der Waals surface area contributed by atoms with E-state index in [2.05, 4.69) is 50.4 Å². The van der Waals surface area contributed by atoms with Gasteiger partial charge in [-0.15, -0.1) is 0 Å². The number of carbonyl (C=O) groups is 2. The summed E-state index contributed by atoms with van der Waals surface area (Å²) in [6.45, 7) is 6.57. The monoisotopic (exact) mass is 570 g/mol. The third kappa shape index (κ3) is 5.72. The summed E-state index contributed by atoms with van der Waals surface area (Å²) >= 11 is 0. The van der Waals surface area contributed by atoms with E-state index in [0.29, 0.717) is 18.4 Å². The lowest BCUT2D eigenvalue weighted by Crippen LogP contribution is -2.39. The zero-order valence-electron chi connectivity index (χ0n) is 25.3. The van der Waals surface area contributed by atoms with Crippen molar-refractivity contribution in [1.29, 1.82) is 0 Å². The van der Waals surface area contributed by atoms with Crippen LogP contribution >= 0.6 is 0 Å². The van der Waals surface area contributed by atoms with Crippen molar-refractivity contribution in [3.8, 4) is 5.75 Å². The van der Waals surface area contributed by atoms with Crippen LogP contribution in [0.4, 0.5) is 11.4 Å². The zero-order valence-corrected chi connectivity index (χ0v) is 25.3. The summed E-state index contributed by atoms with van der Waals surface area (Å²) in [5, 5.41) is 3.64. The van der Waals surface area contributed by atoms with Crippen molar-refractivity contribution in [2.24, 2.45) is 0 Å². The SMILES string of the molecule is COc1ccc([C@H]2CC(=O)C3=C(C2)Nc2ccccc2N(C(=O)Cc2ccccc2)[C@H]3c2ccc(C(C)(C)C)cc2)cc1. The average Bonchev–Trinajstić information content (AvgIpc) is 3.16. The molecule has 6 rings (SSSR count). The molecule has 2 atom stereocenters. The highest BCUT2D eigenvalue weighted by Gasteiger charge is 2.41. The van der Waals surface area contributed by atoms with Gasteiger partial charge in [0.1, 0.15) is 5.75 Å². The van der Waals surface area contributed by atoms with Crippen LogP contribution in [0.2, 0.25) is 0 Å². The van der Waals surface area contributed by atoms with Gasteiger partial charge in [0, 0.05) is 17.7 Å². The van der Waals surface area contributed by atoms with Crippen LogP contribution in [0, 0.1) is 0 Å². The van der Waals surface area contributed by atoms with Crippen molar-refractivity contribution in [1.82, 2.24) is 0 Å². The van der Waals surface area contributed by atoms with E-state index in [0.717, 1.165) is 39.5 Å². The van der Waals surface area contributed by atoms with Gasteiger partial charge in [-0.25, -0.2) is 0 Å². The van der Waals surface area contributed by atoms with Crippen molar-refractivity contribution in [2.75, 3.05) is 17.3 Å². The molecule has 1 amide bonds. The number of hydrogen-bond acceptors (Lipinski definition) is 4. The van der Waals surface area contributed by atoms with Gasteiger partial charge in [0.2, 0.25) is 5.91 Å². The summed E-state index contributed by atoms with van der Waals surface area (Å²) in [5.74, 6) is 0.819. The van der Waals surface area contributed by atoms with Gasteiger partial charge in [-0.05, 0) is 64.3 Å². The number of nitrogens with zero attached hydrogens (tertiary/aromatic N) is 1. The van der Waals surface area contributed by atoms with Gasteiger partial charge in [0.25, 0.3) is 0 Å². The summed E-state index contributed by atoms with van der Waals surface area (Å²) in [6, 6.07) is 33.6. The van der Waals surface area contributed by atoms with Crippen LogP contribution in [0.5, 0.6) is 5.75 Å². The molecule has 0 radical (unpaired) electrons. The van der Waals surface area contributed by atoms with Crippen LogP contribution in [-0.2, 0) is 21.4 Å². The van der Waals surface area contributed by atoms with Gasteiger partial charge in [-0.1, -0.05) is 99.6 Å². The number of ketones is 1. The molecule has 0 saturated carbocycles. The molecule has 1 heterocycles. The third-order valence-corrected chi connectivity index (χ3v) is 8.64. The van der Waals surface area contributed by atoms with Crippen LogP contribution in [0.3, 0.4) is 0 Å². The molecule has 4 aromatic carbocycles.